The SMILES string of the molecule is Nc1[nH]ncc1C(=O)N1CC2CC(CN(C(=O)CN3CCC[C@H](NS(=O)(=O)c4ccc5cc(Cl)ccc5c4)C3=O)C2)C1. The normalized spacial score (nSPS) is 22.9. The molecular formula is C28H32ClN7O5S. The summed E-state index contributed by atoms with van der Waals surface area (Å²) in [6, 6.07) is 8.96. The van der Waals surface area contributed by atoms with Crippen molar-refractivity contribution in [1.29, 1.82) is 0 Å². The molecule has 12 nitrogen and oxygen atoms in total. The maximum absolute atomic E-state index is 13.3. The Labute approximate surface area is 248 Å². The molecule has 2 aromatic carbocycles. The first kappa shape index (κ1) is 28.4. The van der Waals surface area contributed by atoms with Crippen LogP contribution in [-0.4, -0.2) is 96.3 Å². The molecule has 4 N–H and O–H groups in total. The van der Waals surface area contributed by atoms with Crippen molar-refractivity contribution in [2.45, 2.75) is 30.2 Å². The van der Waals surface area contributed by atoms with E-state index in [2.05, 4.69) is 14.9 Å². The summed E-state index contributed by atoms with van der Waals surface area (Å²) >= 11 is 6.04. The van der Waals surface area contributed by atoms with E-state index in [0.29, 0.717) is 61.5 Å². The summed E-state index contributed by atoms with van der Waals surface area (Å²) in [6.07, 6.45) is 3.27. The highest BCUT2D eigenvalue weighted by molar-refractivity contribution is 7.89. The molecule has 0 spiro atoms. The fraction of sp³-hybridized carbons (Fsp3) is 0.429. The Morgan fingerprint density at radius 1 is 1.05 bits per heavy atom. The highest BCUT2D eigenvalue weighted by Crippen LogP contribution is 2.30. The van der Waals surface area contributed by atoms with Gasteiger partial charge in [-0.2, -0.15) is 9.82 Å². The van der Waals surface area contributed by atoms with Crippen molar-refractivity contribution in [2.75, 3.05) is 45.0 Å². The number of rotatable bonds is 6. The number of hydrogen-bond acceptors (Lipinski definition) is 7. The molecule has 14 heteroatoms. The summed E-state index contributed by atoms with van der Waals surface area (Å²) < 4.78 is 28.9. The van der Waals surface area contributed by atoms with Gasteiger partial charge in [0.15, 0.2) is 0 Å². The zero-order chi connectivity index (χ0) is 29.6. The molecule has 3 aliphatic rings. The van der Waals surface area contributed by atoms with Crippen LogP contribution in [0.25, 0.3) is 10.8 Å². The number of aromatic amines is 1. The van der Waals surface area contributed by atoms with Crippen molar-refractivity contribution >= 4 is 55.9 Å². The Morgan fingerprint density at radius 3 is 2.45 bits per heavy atom. The fourth-order valence-electron chi connectivity index (χ4n) is 6.37. The van der Waals surface area contributed by atoms with Crippen molar-refractivity contribution in [3.05, 3.63) is 53.2 Å². The molecule has 0 saturated carbocycles. The molecule has 222 valence electrons. The van der Waals surface area contributed by atoms with Crippen molar-refractivity contribution in [2.24, 2.45) is 11.8 Å². The summed E-state index contributed by atoms with van der Waals surface area (Å²) in [6.45, 7) is 2.28. The van der Waals surface area contributed by atoms with Crippen LogP contribution in [0.3, 0.4) is 0 Å². The number of hydrogen-bond donors (Lipinski definition) is 3. The van der Waals surface area contributed by atoms with Gasteiger partial charge in [0.2, 0.25) is 21.8 Å². The van der Waals surface area contributed by atoms with Crippen LogP contribution in [0.5, 0.6) is 0 Å². The molecule has 2 bridgehead atoms. The van der Waals surface area contributed by atoms with E-state index in [1.807, 2.05) is 0 Å². The van der Waals surface area contributed by atoms with Gasteiger partial charge in [-0.15, -0.1) is 0 Å². The first-order chi connectivity index (χ1) is 20.1. The minimum Gasteiger partial charge on any atom is -0.383 e. The van der Waals surface area contributed by atoms with Gasteiger partial charge in [0, 0.05) is 37.7 Å². The van der Waals surface area contributed by atoms with E-state index in [4.69, 9.17) is 17.3 Å². The van der Waals surface area contributed by atoms with Gasteiger partial charge in [0.05, 0.1) is 17.6 Å². The van der Waals surface area contributed by atoms with Gasteiger partial charge in [-0.05, 0) is 66.1 Å². The highest BCUT2D eigenvalue weighted by Gasteiger charge is 2.40. The topological polar surface area (TPSA) is 162 Å². The number of aromatic nitrogens is 2. The maximum atomic E-state index is 13.3. The van der Waals surface area contributed by atoms with Crippen LogP contribution in [0.15, 0.2) is 47.5 Å². The molecule has 3 amide bonds. The number of carbonyl (C=O) groups is 3. The molecular weight excluding hydrogens is 582 g/mol. The number of nitrogen functional groups attached to an aromatic ring is 1. The minimum atomic E-state index is -3.98. The number of nitrogens with one attached hydrogen (secondary N) is 2. The largest absolute Gasteiger partial charge is 0.383 e. The number of likely N-dealkylation sites (tertiary alicyclic amines) is 3. The summed E-state index contributed by atoms with van der Waals surface area (Å²) in [5, 5.41) is 8.50. The average Bonchev–Trinajstić information content (AvgIpc) is 3.39. The average molecular weight is 614 g/mol. The molecule has 3 saturated heterocycles. The molecule has 6 rings (SSSR count). The second-order valence-electron chi connectivity index (χ2n) is 11.4. The number of nitrogens with zero attached hydrogens (tertiary/aromatic N) is 4. The van der Waals surface area contributed by atoms with Crippen molar-refractivity contribution < 1.29 is 22.8 Å². The molecule has 42 heavy (non-hydrogen) atoms. The lowest BCUT2D eigenvalue weighted by Gasteiger charge is -2.46. The zero-order valence-electron chi connectivity index (χ0n) is 22.8. The van der Waals surface area contributed by atoms with Crippen LogP contribution in [-0.2, 0) is 19.6 Å². The van der Waals surface area contributed by atoms with Crippen LogP contribution in [0, 0.1) is 11.8 Å². The molecule has 2 unspecified atom stereocenters. The van der Waals surface area contributed by atoms with E-state index < -0.39 is 22.0 Å². The predicted octanol–water partition coefficient (Wildman–Crippen LogP) is 1.69. The fourth-order valence-corrected chi connectivity index (χ4v) is 7.81. The molecule has 4 heterocycles. The van der Waals surface area contributed by atoms with E-state index in [1.165, 1.54) is 17.2 Å². The predicted molar refractivity (Wildman–Crippen MR) is 156 cm³/mol. The number of anilines is 1. The van der Waals surface area contributed by atoms with Crippen LogP contribution >= 0.6 is 11.6 Å². The van der Waals surface area contributed by atoms with Crippen molar-refractivity contribution in [1.82, 2.24) is 29.6 Å². The van der Waals surface area contributed by atoms with Crippen molar-refractivity contribution in [3.63, 3.8) is 0 Å². The molecule has 3 aliphatic heterocycles. The number of nitrogens with two attached hydrogens (primary N) is 1. The lowest BCUT2D eigenvalue weighted by molar-refractivity contribution is -0.145. The van der Waals surface area contributed by atoms with E-state index in [-0.39, 0.29) is 40.9 Å². The number of amides is 3. The van der Waals surface area contributed by atoms with Gasteiger partial charge >= 0.3 is 0 Å². The third-order valence-corrected chi connectivity index (χ3v) is 10.1. The number of benzene rings is 2. The summed E-state index contributed by atoms with van der Waals surface area (Å²) in [5.74, 6) is -0.273. The van der Waals surface area contributed by atoms with E-state index >= 15 is 0 Å². The van der Waals surface area contributed by atoms with E-state index in [1.54, 1.807) is 40.1 Å². The van der Waals surface area contributed by atoms with Crippen LogP contribution in [0.1, 0.15) is 29.6 Å². The van der Waals surface area contributed by atoms with E-state index in [9.17, 15) is 22.8 Å². The standard InChI is InChI=1S/C28H32ClN7O5S/c29-21-5-3-20-10-22(6-4-19(20)9-21)42(40,41)33-24-2-1-7-34(28(24)39)16-25(37)35-12-17-8-18(13-35)15-36(14-17)27(38)23-11-31-32-26(23)30/h3-6,9-11,17-18,24,33H,1-2,7-8,12-16H2,(H3,30,31,32)/t17?,18?,24-/m0/s1. The monoisotopic (exact) mass is 613 g/mol. The zero-order valence-corrected chi connectivity index (χ0v) is 24.4. The third kappa shape index (κ3) is 5.68. The second-order valence-corrected chi connectivity index (χ2v) is 13.6. The number of carbonyl (C=O) groups excluding carboxylic acids is 3. The summed E-state index contributed by atoms with van der Waals surface area (Å²) in [4.78, 5) is 44.6. The Morgan fingerprint density at radius 2 is 1.74 bits per heavy atom. The van der Waals surface area contributed by atoms with E-state index in [0.717, 1.165) is 11.8 Å². The van der Waals surface area contributed by atoms with Crippen LogP contribution in [0.4, 0.5) is 5.82 Å². The number of H-pyrrole nitrogens is 1. The Balaban J connectivity index is 1.07. The lowest BCUT2D eigenvalue weighted by Crippen LogP contribution is -2.58. The number of halogens is 1. The minimum absolute atomic E-state index is 0.0566. The Hall–Kier alpha value is -3.68. The maximum Gasteiger partial charge on any atom is 0.259 e. The second kappa shape index (κ2) is 11.2. The van der Waals surface area contributed by atoms with Gasteiger partial charge in [0.25, 0.3) is 5.91 Å². The van der Waals surface area contributed by atoms with Gasteiger partial charge in [-0.1, -0.05) is 23.7 Å². The molecule has 1 aromatic heterocycles. The molecule has 3 fully saturated rings. The summed E-state index contributed by atoms with van der Waals surface area (Å²) in [5.41, 5.74) is 6.18. The van der Waals surface area contributed by atoms with Crippen LogP contribution in [0.2, 0.25) is 5.02 Å². The Kier molecular flexibility index (Phi) is 7.58. The smallest absolute Gasteiger partial charge is 0.259 e. The van der Waals surface area contributed by atoms with Gasteiger partial charge < -0.3 is 20.4 Å². The van der Waals surface area contributed by atoms with Crippen LogP contribution < -0.4 is 10.5 Å². The number of fused-ring (bicyclic) bond motifs is 3. The highest BCUT2D eigenvalue weighted by atomic mass is 35.5. The van der Waals surface area contributed by atoms with Crippen molar-refractivity contribution in [3.8, 4) is 0 Å². The quantitative estimate of drug-likeness (QED) is 0.381. The summed E-state index contributed by atoms with van der Waals surface area (Å²) in [7, 11) is -3.98. The van der Waals surface area contributed by atoms with Gasteiger partial charge in [-0.25, -0.2) is 8.42 Å². The van der Waals surface area contributed by atoms with Gasteiger partial charge in [0.1, 0.15) is 17.4 Å². The number of sulfonamides is 1. The first-order valence-electron chi connectivity index (χ1n) is 13.9. The number of piperidine rings is 3. The first-order valence-corrected chi connectivity index (χ1v) is 15.8. The van der Waals surface area contributed by atoms with Gasteiger partial charge in [-0.3, -0.25) is 19.5 Å². The molecule has 0 radical (unpaired) electrons. The molecule has 3 atom stereocenters. The molecule has 0 aliphatic carbocycles. The Bertz CT molecular complexity index is 1650. The lowest BCUT2D eigenvalue weighted by atomic mass is 9.84. The molecule has 3 aromatic rings. The third-order valence-electron chi connectivity index (χ3n) is 8.36.